The Bertz CT molecular complexity index is 246. The first-order chi connectivity index (χ1) is 8.00. The Morgan fingerprint density at radius 3 is 2.41 bits per heavy atom. The van der Waals surface area contributed by atoms with Crippen LogP contribution in [-0.4, -0.2) is 40.5 Å². The summed E-state index contributed by atoms with van der Waals surface area (Å²) in [6.07, 6.45) is 7.01. The van der Waals surface area contributed by atoms with Crippen LogP contribution in [0.4, 0.5) is 0 Å². The van der Waals surface area contributed by atoms with Gasteiger partial charge in [0.15, 0.2) is 0 Å². The van der Waals surface area contributed by atoms with E-state index in [4.69, 9.17) is 18.0 Å². The molecule has 1 fully saturated rings. The first kappa shape index (κ1) is 15.3. The van der Waals surface area contributed by atoms with E-state index in [2.05, 4.69) is 25.0 Å². The van der Waals surface area contributed by atoms with Crippen LogP contribution in [0.2, 0.25) is 0 Å². The maximum atomic E-state index is 5.89. The van der Waals surface area contributed by atoms with Gasteiger partial charge in [-0.25, -0.2) is 0 Å². The quantitative estimate of drug-likeness (QED) is 0.754. The van der Waals surface area contributed by atoms with E-state index < -0.39 is 0 Å². The highest BCUT2D eigenvalue weighted by molar-refractivity contribution is 8.01. The predicted molar refractivity (Wildman–Crippen MR) is 82.8 cm³/mol. The Morgan fingerprint density at radius 2 is 2.00 bits per heavy atom. The fourth-order valence-corrected chi connectivity index (χ4v) is 3.66. The van der Waals surface area contributed by atoms with Gasteiger partial charge in [0.2, 0.25) is 0 Å². The topological polar surface area (TPSA) is 29.3 Å². The summed E-state index contributed by atoms with van der Waals surface area (Å²) in [5, 5.41) is 0. The van der Waals surface area contributed by atoms with Gasteiger partial charge in [-0.1, -0.05) is 26.1 Å². The van der Waals surface area contributed by atoms with Gasteiger partial charge in [-0.3, -0.25) is 0 Å². The summed E-state index contributed by atoms with van der Waals surface area (Å²) in [7, 11) is 0. The van der Waals surface area contributed by atoms with Crippen LogP contribution in [0.3, 0.4) is 0 Å². The molecule has 0 bridgehead atoms. The van der Waals surface area contributed by atoms with Gasteiger partial charge in [0, 0.05) is 0 Å². The van der Waals surface area contributed by atoms with E-state index in [1.54, 1.807) is 0 Å². The van der Waals surface area contributed by atoms with Crippen molar-refractivity contribution in [3.05, 3.63) is 0 Å². The first-order valence-electron chi connectivity index (χ1n) is 6.57. The van der Waals surface area contributed by atoms with Gasteiger partial charge in [0.05, 0.1) is 9.74 Å². The van der Waals surface area contributed by atoms with Gasteiger partial charge >= 0.3 is 0 Å². The molecule has 0 atom stereocenters. The van der Waals surface area contributed by atoms with Gasteiger partial charge in [0.25, 0.3) is 0 Å². The van der Waals surface area contributed by atoms with Crippen molar-refractivity contribution in [3.63, 3.8) is 0 Å². The molecule has 0 saturated carbocycles. The second kappa shape index (κ2) is 6.95. The lowest BCUT2D eigenvalue weighted by molar-refractivity contribution is 0.214. The highest BCUT2D eigenvalue weighted by Gasteiger charge is 2.36. The largest absolute Gasteiger partial charge is 0.392 e. The fourth-order valence-electron chi connectivity index (χ4n) is 2.41. The maximum Gasteiger partial charge on any atom is 0.0891 e. The minimum absolute atomic E-state index is 0.0733. The fraction of sp³-hybridized carbons (Fsp3) is 0.923. The molecule has 17 heavy (non-hydrogen) atoms. The molecule has 0 spiro atoms. The van der Waals surface area contributed by atoms with E-state index in [-0.39, 0.29) is 4.75 Å². The van der Waals surface area contributed by atoms with Gasteiger partial charge in [-0.05, 0) is 57.5 Å². The number of nitrogens with zero attached hydrogens (tertiary/aromatic N) is 1. The van der Waals surface area contributed by atoms with Gasteiger partial charge < -0.3 is 10.6 Å². The number of hydrogen-bond acceptors (Lipinski definition) is 3. The molecule has 0 aromatic rings. The minimum Gasteiger partial charge on any atom is -0.392 e. The van der Waals surface area contributed by atoms with Crippen molar-refractivity contribution in [1.29, 1.82) is 0 Å². The Balaban J connectivity index is 2.32. The molecule has 1 aliphatic rings. The van der Waals surface area contributed by atoms with E-state index >= 15 is 0 Å². The summed E-state index contributed by atoms with van der Waals surface area (Å²) in [4.78, 5) is 3.27. The van der Waals surface area contributed by atoms with Crippen molar-refractivity contribution in [2.24, 2.45) is 11.7 Å². The number of nitrogens with two attached hydrogens (primary N) is 1. The third-order valence-corrected chi connectivity index (χ3v) is 5.69. The van der Waals surface area contributed by atoms with Crippen LogP contribution in [0.5, 0.6) is 0 Å². The average molecular weight is 274 g/mol. The zero-order valence-electron chi connectivity index (χ0n) is 11.4. The molecule has 0 aromatic carbocycles. The molecule has 0 unspecified atom stereocenters. The SMILES string of the molecule is CSC1(C(N)=S)CCN(CCCC(C)C)CC1. The third-order valence-electron chi connectivity index (χ3n) is 3.76. The number of hydrogen-bond donors (Lipinski definition) is 1. The highest BCUT2D eigenvalue weighted by Crippen LogP contribution is 2.34. The van der Waals surface area contributed by atoms with Crippen molar-refractivity contribution in [2.45, 2.75) is 44.3 Å². The van der Waals surface area contributed by atoms with E-state index in [1.165, 1.54) is 19.4 Å². The normalized spacial score (nSPS) is 20.7. The molecule has 1 rings (SSSR count). The molecular weight excluding hydrogens is 248 g/mol. The molecule has 1 heterocycles. The molecule has 0 amide bonds. The molecular formula is C13H26N2S2. The highest BCUT2D eigenvalue weighted by atomic mass is 32.2. The van der Waals surface area contributed by atoms with Crippen LogP contribution < -0.4 is 5.73 Å². The Labute approximate surface area is 116 Å². The molecule has 2 nitrogen and oxygen atoms in total. The van der Waals surface area contributed by atoms with Crippen molar-refractivity contribution < 1.29 is 0 Å². The summed E-state index contributed by atoms with van der Waals surface area (Å²) < 4.78 is 0.0733. The molecule has 100 valence electrons. The first-order valence-corrected chi connectivity index (χ1v) is 8.21. The maximum absolute atomic E-state index is 5.89. The number of piperidine rings is 1. The summed E-state index contributed by atoms with van der Waals surface area (Å²) in [5.74, 6) is 0.821. The monoisotopic (exact) mass is 274 g/mol. The Morgan fingerprint density at radius 1 is 1.41 bits per heavy atom. The smallest absolute Gasteiger partial charge is 0.0891 e. The van der Waals surface area contributed by atoms with Gasteiger partial charge in [0.1, 0.15) is 0 Å². The van der Waals surface area contributed by atoms with Crippen LogP contribution in [0.1, 0.15) is 39.5 Å². The van der Waals surface area contributed by atoms with E-state index in [9.17, 15) is 0 Å². The molecule has 4 heteroatoms. The molecule has 2 N–H and O–H groups in total. The van der Waals surface area contributed by atoms with Crippen LogP contribution in [0.15, 0.2) is 0 Å². The number of thioether (sulfide) groups is 1. The molecule has 1 saturated heterocycles. The molecule has 0 aliphatic carbocycles. The zero-order valence-corrected chi connectivity index (χ0v) is 13.0. The molecule has 0 aromatic heterocycles. The summed E-state index contributed by atoms with van der Waals surface area (Å²) >= 11 is 7.06. The third kappa shape index (κ3) is 4.42. The van der Waals surface area contributed by atoms with Crippen molar-refractivity contribution in [2.75, 3.05) is 25.9 Å². The van der Waals surface area contributed by atoms with Crippen molar-refractivity contribution >= 4 is 29.0 Å². The molecule has 1 aliphatic heterocycles. The molecule has 0 radical (unpaired) electrons. The Kier molecular flexibility index (Phi) is 6.24. The van der Waals surface area contributed by atoms with E-state index in [1.807, 2.05) is 11.8 Å². The van der Waals surface area contributed by atoms with Crippen LogP contribution in [-0.2, 0) is 0 Å². The average Bonchev–Trinajstić information content (AvgIpc) is 2.29. The standard InChI is InChI=1S/C13H26N2S2/c1-11(2)5-4-8-15-9-6-13(17-3,7-10-15)12(14)16/h11H,4-10H2,1-3H3,(H2,14,16). The number of thiocarbonyl (C=S) groups is 1. The number of likely N-dealkylation sites (tertiary alicyclic amines) is 1. The summed E-state index contributed by atoms with van der Waals surface area (Å²) in [6, 6.07) is 0. The predicted octanol–water partition coefficient (Wildman–Crippen LogP) is 2.91. The lowest BCUT2D eigenvalue weighted by Gasteiger charge is -2.40. The summed E-state index contributed by atoms with van der Waals surface area (Å²) in [5.41, 5.74) is 5.89. The van der Waals surface area contributed by atoms with Crippen molar-refractivity contribution in [1.82, 2.24) is 4.90 Å². The van der Waals surface area contributed by atoms with Gasteiger partial charge in [-0.2, -0.15) is 11.8 Å². The lowest BCUT2D eigenvalue weighted by Crippen LogP contribution is -2.49. The Hall–Kier alpha value is 0.200. The van der Waals surface area contributed by atoms with Gasteiger partial charge in [-0.15, -0.1) is 0 Å². The summed E-state index contributed by atoms with van der Waals surface area (Å²) in [6.45, 7) is 8.12. The lowest BCUT2D eigenvalue weighted by atomic mass is 9.95. The second-order valence-corrected chi connectivity index (χ2v) is 7.07. The van der Waals surface area contributed by atoms with Crippen LogP contribution in [0, 0.1) is 5.92 Å². The van der Waals surface area contributed by atoms with E-state index in [0.717, 1.165) is 31.8 Å². The van der Waals surface area contributed by atoms with Crippen LogP contribution in [0.25, 0.3) is 0 Å². The van der Waals surface area contributed by atoms with Crippen molar-refractivity contribution in [3.8, 4) is 0 Å². The minimum atomic E-state index is 0.0733. The zero-order chi connectivity index (χ0) is 12.9. The number of rotatable bonds is 6. The van der Waals surface area contributed by atoms with Crippen LogP contribution >= 0.6 is 24.0 Å². The van der Waals surface area contributed by atoms with E-state index in [0.29, 0.717) is 4.99 Å². The second-order valence-electron chi connectivity index (χ2n) is 5.44.